The van der Waals surface area contributed by atoms with Gasteiger partial charge in [-0.15, -0.1) is 20.4 Å². The van der Waals surface area contributed by atoms with E-state index in [1.807, 2.05) is 152 Å². The first-order valence-electron chi connectivity index (χ1n) is 22.4. The topological polar surface area (TPSA) is 98.2 Å². The highest BCUT2D eigenvalue weighted by Crippen LogP contribution is 2.32. The summed E-state index contributed by atoms with van der Waals surface area (Å²) in [6, 6.07) is 57.9. The molecule has 0 bridgehead atoms. The molecule has 2 aromatic heterocycles. The molecule has 0 aliphatic heterocycles. The largest absolute Gasteiger partial charge is 0.416 e. The summed E-state index contributed by atoms with van der Waals surface area (Å²) in [4.78, 5) is 15.9. The molecule has 0 unspecified atom stereocenters. The summed E-state index contributed by atoms with van der Waals surface area (Å²) in [5.41, 5.74) is 12.3. The third kappa shape index (κ3) is 10.3. The number of carbonyl (C=O) groups excluding carboxylic acids is 1. The molecule has 0 aliphatic rings. The second kappa shape index (κ2) is 18.7. The first-order valence-corrected chi connectivity index (χ1v) is 22.4. The molecule has 0 aliphatic carbocycles. The summed E-state index contributed by atoms with van der Waals surface area (Å²) in [5.74, 6) is 1.81. The Hall–Kier alpha value is -8.23. The average molecular weight is 878 g/mol. The Morgan fingerprint density at radius 3 is 0.970 bits per heavy atom. The van der Waals surface area contributed by atoms with E-state index in [0.29, 0.717) is 29.1 Å². The van der Waals surface area contributed by atoms with Crippen molar-refractivity contribution in [3.05, 3.63) is 215 Å². The molecule has 0 atom stereocenters. The Morgan fingerprint density at radius 2 is 0.672 bits per heavy atom. The monoisotopic (exact) mass is 877 g/mol. The Morgan fingerprint density at radius 1 is 0.388 bits per heavy atom. The van der Waals surface area contributed by atoms with E-state index in [0.717, 1.165) is 55.9 Å². The minimum Gasteiger partial charge on any atom is -0.416 e. The van der Waals surface area contributed by atoms with Crippen LogP contribution in [0.1, 0.15) is 85.3 Å². The fraction of sp³-hybridized carbons (Fsp3) is 0.136. The van der Waals surface area contributed by atoms with Gasteiger partial charge in [0.25, 0.3) is 5.91 Å². The third-order valence-electron chi connectivity index (χ3n) is 11.6. The van der Waals surface area contributed by atoms with Gasteiger partial charge in [0.2, 0.25) is 23.6 Å². The first kappa shape index (κ1) is 44.0. The number of hydrogen-bond acceptors (Lipinski definition) is 7. The van der Waals surface area contributed by atoms with Crippen LogP contribution in [0.25, 0.3) is 70.1 Å². The van der Waals surface area contributed by atoms with Crippen LogP contribution in [0.15, 0.2) is 185 Å². The summed E-state index contributed by atoms with van der Waals surface area (Å²) in [6.07, 6.45) is 8.22. The highest BCUT2D eigenvalue weighted by Gasteiger charge is 2.21. The van der Waals surface area contributed by atoms with E-state index in [1.54, 1.807) is 4.90 Å². The van der Waals surface area contributed by atoms with Crippen molar-refractivity contribution in [2.45, 2.75) is 52.4 Å². The predicted molar refractivity (Wildman–Crippen MR) is 271 cm³/mol. The van der Waals surface area contributed by atoms with Gasteiger partial charge in [0.05, 0.1) is 0 Å². The van der Waals surface area contributed by atoms with Gasteiger partial charge >= 0.3 is 0 Å². The number of nitrogens with zero attached hydrogens (tertiary/aromatic N) is 5. The zero-order chi connectivity index (χ0) is 46.5. The fourth-order valence-electron chi connectivity index (χ4n) is 7.56. The Balaban J connectivity index is 0.856. The number of carbonyl (C=O) groups is 1. The van der Waals surface area contributed by atoms with Crippen molar-refractivity contribution >= 4 is 41.6 Å². The van der Waals surface area contributed by atoms with Crippen molar-refractivity contribution in [3.63, 3.8) is 0 Å². The highest BCUT2D eigenvalue weighted by molar-refractivity contribution is 6.11. The summed E-state index contributed by atoms with van der Waals surface area (Å²) < 4.78 is 12.1. The number of anilines is 2. The predicted octanol–water partition coefficient (Wildman–Crippen LogP) is 15.0. The lowest BCUT2D eigenvalue weighted by Crippen LogP contribution is -2.25. The SMILES string of the molecule is CC(C)(C)c1ccc(-c2nnc(-c3ccc(/C=C/c4ccc(N(C(=O)c5ccccc5)c5ccc(/C=C/c6ccc(-c7nnc(-c8ccc(C(C)(C)C)cc8)o7)cc6)cc5)cc4)cc3)o2)cc1. The van der Waals surface area contributed by atoms with Gasteiger partial charge in [0, 0.05) is 39.2 Å². The molecule has 8 nitrogen and oxygen atoms in total. The second-order valence-corrected chi connectivity index (χ2v) is 18.6. The Kier molecular flexibility index (Phi) is 12.3. The van der Waals surface area contributed by atoms with E-state index in [2.05, 4.69) is 111 Å². The maximum atomic E-state index is 14.1. The first-order chi connectivity index (χ1) is 32.3. The minimum absolute atomic E-state index is 0.0695. The van der Waals surface area contributed by atoms with Gasteiger partial charge in [-0.1, -0.05) is 157 Å². The van der Waals surface area contributed by atoms with Crippen LogP contribution in [0.3, 0.4) is 0 Å². The van der Waals surface area contributed by atoms with E-state index in [1.165, 1.54) is 11.1 Å². The molecule has 9 rings (SSSR count). The molecule has 7 aromatic carbocycles. The molecule has 67 heavy (non-hydrogen) atoms. The van der Waals surface area contributed by atoms with Crippen LogP contribution >= 0.6 is 0 Å². The second-order valence-electron chi connectivity index (χ2n) is 18.6. The quantitative estimate of drug-likeness (QED) is 0.119. The van der Waals surface area contributed by atoms with Crippen molar-refractivity contribution in [3.8, 4) is 45.8 Å². The van der Waals surface area contributed by atoms with E-state index in [-0.39, 0.29) is 16.7 Å². The third-order valence-corrected chi connectivity index (χ3v) is 11.6. The lowest BCUT2D eigenvalue weighted by molar-refractivity contribution is 0.0999. The molecule has 2 heterocycles. The van der Waals surface area contributed by atoms with E-state index in [4.69, 9.17) is 8.83 Å². The van der Waals surface area contributed by atoms with Gasteiger partial charge in [-0.25, -0.2) is 0 Å². The van der Waals surface area contributed by atoms with Crippen LogP contribution in [0.5, 0.6) is 0 Å². The van der Waals surface area contributed by atoms with Crippen LogP contribution in [-0.4, -0.2) is 26.3 Å². The zero-order valence-corrected chi connectivity index (χ0v) is 38.5. The summed E-state index contributed by atoms with van der Waals surface area (Å²) >= 11 is 0. The Bertz CT molecular complexity index is 2960. The van der Waals surface area contributed by atoms with E-state index < -0.39 is 0 Å². The van der Waals surface area contributed by atoms with Crippen molar-refractivity contribution in [2.75, 3.05) is 4.90 Å². The van der Waals surface area contributed by atoms with Crippen molar-refractivity contribution in [1.82, 2.24) is 20.4 Å². The molecule has 0 radical (unpaired) electrons. The lowest BCUT2D eigenvalue weighted by Gasteiger charge is -2.23. The molecule has 1 amide bonds. The molecule has 0 saturated carbocycles. The maximum absolute atomic E-state index is 14.1. The maximum Gasteiger partial charge on any atom is 0.262 e. The molecule has 0 saturated heterocycles. The number of amides is 1. The normalized spacial score (nSPS) is 12.0. The molecule has 0 N–H and O–H groups in total. The van der Waals surface area contributed by atoms with Gasteiger partial charge < -0.3 is 8.83 Å². The number of aromatic nitrogens is 4. The van der Waals surface area contributed by atoms with Crippen LogP contribution in [0.4, 0.5) is 11.4 Å². The number of hydrogen-bond donors (Lipinski definition) is 0. The van der Waals surface area contributed by atoms with Gasteiger partial charge in [-0.3, -0.25) is 9.69 Å². The molecule has 9 aromatic rings. The molecule has 0 spiro atoms. The van der Waals surface area contributed by atoms with Crippen LogP contribution in [0.2, 0.25) is 0 Å². The summed E-state index contributed by atoms with van der Waals surface area (Å²) in [5, 5.41) is 17.2. The molecule has 8 heteroatoms. The van der Waals surface area contributed by atoms with Crippen LogP contribution < -0.4 is 4.90 Å². The van der Waals surface area contributed by atoms with Gasteiger partial charge in [-0.2, -0.15) is 0 Å². The summed E-state index contributed by atoms with van der Waals surface area (Å²) in [7, 11) is 0. The van der Waals surface area contributed by atoms with Crippen LogP contribution in [-0.2, 0) is 10.8 Å². The lowest BCUT2D eigenvalue weighted by atomic mass is 9.87. The molecular formula is C59H51N5O3. The Labute approximate surface area is 392 Å². The highest BCUT2D eigenvalue weighted by atomic mass is 16.4. The van der Waals surface area contributed by atoms with Gasteiger partial charge in [-0.05, 0) is 129 Å². The number of rotatable bonds is 11. The van der Waals surface area contributed by atoms with Gasteiger partial charge in [0.15, 0.2) is 0 Å². The molecular weight excluding hydrogens is 827 g/mol. The minimum atomic E-state index is -0.119. The average Bonchev–Trinajstić information content (AvgIpc) is 4.06. The van der Waals surface area contributed by atoms with E-state index >= 15 is 0 Å². The van der Waals surface area contributed by atoms with E-state index in [9.17, 15) is 4.79 Å². The van der Waals surface area contributed by atoms with Gasteiger partial charge in [0.1, 0.15) is 0 Å². The standard InChI is InChI=1S/C59H51N5O3/c1-58(2,3)49-32-28-46(29-33-49)55-62-60-53(66-55)44-24-16-40(17-25-44)12-14-42-20-36-51(37-21-42)64(57(65)48-10-8-7-9-11-48)52-38-22-43(23-39-52)15-13-41-18-26-45(27-19-41)54-61-63-56(67-54)47-30-34-50(35-31-47)59(4,5)6/h7-39H,1-6H3/b14-12+,15-13+. The summed E-state index contributed by atoms with van der Waals surface area (Å²) in [6.45, 7) is 13.2. The zero-order valence-electron chi connectivity index (χ0n) is 38.5. The van der Waals surface area contributed by atoms with Crippen molar-refractivity contribution in [1.29, 1.82) is 0 Å². The molecule has 0 fully saturated rings. The van der Waals surface area contributed by atoms with Crippen LogP contribution in [0, 0.1) is 0 Å². The number of benzene rings is 7. The van der Waals surface area contributed by atoms with Crippen molar-refractivity contribution < 1.29 is 13.6 Å². The van der Waals surface area contributed by atoms with Crippen molar-refractivity contribution in [2.24, 2.45) is 0 Å². The fourth-order valence-corrected chi connectivity index (χ4v) is 7.56. The smallest absolute Gasteiger partial charge is 0.262 e. The molecule has 330 valence electrons.